The number of ether oxygens (including phenoxy) is 1. The topological polar surface area (TPSA) is 73.5 Å². The largest absolute Gasteiger partial charge is 0.748 e. The molecule has 0 unspecified atom stereocenters. The zero-order chi connectivity index (χ0) is 31.9. The van der Waals surface area contributed by atoms with Gasteiger partial charge in [0.2, 0.25) is 11.4 Å². The summed E-state index contributed by atoms with van der Waals surface area (Å²) in [7, 11) is -4.25. The van der Waals surface area contributed by atoms with Crippen LogP contribution in [-0.2, 0) is 16.7 Å². The highest BCUT2D eigenvalue weighted by atomic mass is 32.2. The highest BCUT2D eigenvalue weighted by Gasteiger charge is 2.26. The fourth-order valence-electron chi connectivity index (χ4n) is 5.81. The Kier molecular flexibility index (Phi) is 9.97. The van der Waals surface area contributed by atoms with Crippen LogP contribution in [0.1, 0.15) is 44.0 Å². The van der Waals surface area contributed by atoms with Crippen molar-refractivity contribution in [2.24, 2.45) is 0 Å². The minimum absolute atomic E-state index is 0.295. The maximum atomic E-state index is 11.2. The van der Waals surface area contributed by atoms with Crippen molar-refractivity contribution in [3.8, 4) is 28.0 Å². The standard InChI is InChI=1S/C38H38N2O4S2/c1-2-3-10-25-40-34-28-32(30-16-8-5-9-17-30)21-23-36(34)45-38(40)19-13-18-37-39(24-11-12-26-46(41,42)43)33-27-31(20-22-35(33)44-37)29-14-6-4-7-15-29/h4-9,13-23,27-28H,2-3,10-12,24-26H2,1H3. The van der Waals surface area contributed by atoms with Crippen molar-refractivity contribution in [1.82, 2.24) is 0 Å². The number of hydrogen-bond acceptors (Lipinski definition) is 6. The van der Waals surface area contributed by atoms with E-state index in [-0.39, 0.29) is 5.75 Å². The van der Waals surface area contributed by atoms with E-state index in [1.54, 1.807) is 11.3 Å². The average Bonchev–Trinajstić information content (AvgIpc) is 3.60. The summed E-state index contributed by atoms with van der Waals surface area (Å²) < 4.78 is 43.7. The lowest BCUT2D eigenvalue weighted by atomic mass is 10.0. The van der Waals surface area contributed by atoms with Gasteiger partial charge < -0.3 is 14.2 Å². The average molecular weight is 651 g/mol. The molecule has 0 bridgehead atoms. The number of hydrogen-bond donors (Lipinski definition) is 0. The Balaban J connectivity index is 1.30. The van der Waals surface area contributed by atoms with E-state index in [1.807, 2.05) is 42.5 Å². The number of aryl methyl sites for hydroxylation is 1. The first-order valence-electron chi connectivity index (χ1n) is 15.9. The summed E-state index contributed by atoms with van der Waals surface area (Å²) in [5.41, 5.74) is 6.76. The Bertz CT molecular complexity index is 1970. The zero-order valence-electron chi connectivity index (χ0n) is 26.0. The van der Waals surface area contributed by atoms with Gasteiger partial charge in [-0.1, -0.05) is 97.5 Å². The van der Waals surface area contributed by atoms with Crippen molar-refractivity contribution in [2.75, 3.05) is 17.2 Å². The smallest absolute Gasteiger partial charge is 0.262 e. The third-order valence-corrected chi connectivity index (χ3v) is 10.1. The first kappa shape index (κ1) is 31.7. The summed E-state index contributed by atoms with van der Waals surface area (Å²) in [5, 5.41) is 1.17. The Morgan fingerprint density at radius 3 is 2.22 bits per heavy atom. The molecule has 1 aliphatic rings. The number of allylic oxidation sites excluding steroid dienone is 2. The van der Waals surface area contributed by atoms with Crippen molar-refractivity contribution in [2.45, 2.75) is 45.6 Å². The highest BCUT2D eigenvalue weighted by molar-refractivity contribution is 7.85. The van der Waals surface area contributed by atoms with Gasteiger partial charge in [0.1, 0.15) is 4.70 Å². The number of benzene rings is 4. The Labute approximate surface area is 275 Å². The fourth-order valence-corrected chi connectivity index (χ4v) is 7.45. The Morgan fingerprint density at radius 1 is 0.826 bits per heavy atom. The number of anilines is 1. The molecule has 1 aliphatic heterocycles. The van der Waals surface area contributed by atoms with E-state index < -0.39 is 10.1 Å². The first-order chi connectivity index (χ1) is 22.4. The molecule has 0 saturated heterocycles. The second kappa shape index (κ2) is 14.5. The number of fused-ring (bicyclic) bond motifs is 2. The van der Waals surface area contributed by atoms with Crippen molar-refractivity contribution in [3.05, 3.63) is 120 Å². The Morgan fingerprint density at radius 2 is 1.52 bits per heavy atom. The van der Waals surface area contributed by atoms with Crippen LogP contribution in [-0.4, -0.2) is 25.3 Å². The quantitative estimate of drug-likeness (QED) is 0.0724. The Hall–Kier alpha value is -4.24. The fraction of sp³-hybridized carbons (Fsp3) is 0.237. The van der Waals surface area contributed by atoms with Crippen LogP contribution in [0.5, 0.6) is 5.75 Å². The number of thiazole rings is 1. The summed E-state index contributed by atoms with van der Waals surface area (Å²) in [6.45, 7) is 3.70. The highest BCUT2D eigenvalue weighted by Crippen LogP contribution is 2.42. The second-order valence-corrected chi connectivity index (χ2v) is 14.1. The van der Waals surface area contributed by atoms with Gasteiger partial charge in [0.05, 0.1) is 15.8 Å². The van der Waals surface area contributed by atoms with E-state index in [2.05, 4.69) is 89.2 Å². The molecule has 236 valence electrons. The molecule has 46 heavy (non-hydrogen) atoms. The number of nitrogens with zero attached hydrogens (tertiary/aromatic N) is 2. The molecular formula is C38H38N2O4S2. The van der Waals surface area contributed by atoms with E-state index >= 15 is 0 Å². The van der Waals surface area contributed by atoms with Crippen LogP contribution in [0.15, 0.2) is 115 Å². The van der Waals surface area contributed by atoms with Gasteiger partial charge in [-0.2, -0.15) is 4.57 Å². The summed E-state index contributed by atoms with van der Waals surface area (Å²) in [6, 6.07) is 33.5. The normalized spacial score (nSPS) is 14.0. The van der Waals surface area contributed by atoms with Crippen LogP contribution in [0, 0.1) is 0 Å². The lowest BCUT2D eigenvalue weighted by Crippen LogP contribution is -2.35. The first-order valence-corrected chi connectivity index (χ1v) is 18.3. The molecular weight excluding hydrogens is 613 g/mol. The van der Waals surface area contributed by atoms with Gasteiger partial charge in [-0.3, -0.25) is 0 Å². The van der Waals surface area contributed by atoms with Crippen LogP contribution < -0.4 is 14.2 Å². The molecule has 0 aliphatic carbocycles. The summed E-state index contributed by atoms with van der Waals surface area (Å²) in [5.74, 6) is 1.06. The molecule has 6 nitrogen and oxygen atoms in total. The molecule has 0 atom stereocenters. The van der Waals surface area contributed by atoms with Crippen molar-refractivity contribution < 1.29 is 22.3 Å². The lowest BCUT2D eigenvalue weighted by Gasteiger charge is -2.19. The summed E-state index contributed by atoms with van der Waals surface area (Å²) >= 11 is 1.78. The van der Waals surface area contributed by atoms with Crippen molar-refractivity contribution >= 4 is 43.4 Å². The van der Waals surface area contributed by atoms with Crippen LogP contribution >= 0.6 is 11.3 Å². The molecule has 0 saturated carbocycles. The minimum Gasteiger partial charge on any atom is -0.748 e. The molecule has 5 aromatic rings. The maximum Gasteiger partial charge on any atom is 0.262 e. The summed E-state index contributed by atoms with van der Waals surface area (Å²) in [4.78, 5) is 2.08. The molecule has 0 amide bonds. The summed E-state index contributed by atoms with van der Waals surface area (Å²) in [6.07, 6.45) is 10.4. The van der Waals surface area contributed by atoms with Gasteiger partial charge >= 0.3 is 0 Å². The molecule has 2 heterocycles. The number of unbranched alkanes of at least 4 members (excludes halogenated alkanes) is 3. The molecule has 1 aromatic heterocycles. The van der Waals surface area contributed by atoms with Gasteiger partial charge in [-0.25, -0.2) is 8.42 Å². The molecule has 0 radical (unpaired) electrons. The van der Waals surface area contributed by atoms with E-state index in [0.29, 0.717) is 25.3 Å². The molecule has 8 heteroatoms. The SMILES string of the molecule is CCCCC[n+]1c(/C=C/C=C2\Oc3ccc(-c4ccccc4)cc3N2CCCCS(=O)(=O)[O-])sc2ccc(-c3ccccc3)cc21. The van der Waals surface area contributed by atoms with Crippen molar-refractivity contribution in [3.63, 3.8) is 0 Å². The third-order valence-electron chi connectivity index (χ3n) is 8.16. The van der Waals surface area contributed by atoms with E-state index in [9.17, 15) is 13.0 Å². The van der Waals surface area contributed by atoms with Crippen LogP contribution in [0.2, 0.25) is 0 Å². The van der Waals surface area contributed by atoms with Crippen LogP contribution in [0.25, 0.3) is 38.5 Å². The molecule has 0 fully saturated rings. The van der Waals surface area contributed by atoms with Crippen LogP contribution in [0.4, 0.5) is 5.69 Å². The minimum atomic E-state index is -4.25. The second-order valence-electron chi connectivity index (χ2n) is 11.5. The maximum absolute atomic E-state index is 11.2. The van der Waals surface area contributed by atoms with Gasteiger partial charge in [-0.05, 0) is 71.9 Å². The van der Waals surface area contributed by atoms with Gasteiger partial charge in [0, 0.05) is 30.9 Å². The monoisotopic (exact) mass is 650 g/mol. The van der Waals surface area contributed by atoms with Crippen LogP contribution in [0.3, 0.4) is 0 Å². The van der Waals surface area contributed by atoms with Gasteiger partial charge in [0.25, 0.3) is 5.01 Å². The lowest BCUT2D eigenvalue weighted by molar-refractivity contribution is -0.669. The van der Waals surface area contributed by atoms with E-state index in [1.165, 1.54) is 32.8 Å². The third kappa shape index (κ3) is 7.58. The molecule has 0 N–H and O–H groups in total. The van der Waals surface area contributed by atoms with E-state index in [0.717, 1.165) is 42.0 Å². The number of rotatable bonds is 13. The number of aromatic nitrogens is 1. The molecule has 0 spiro atoms. The van der Waals surface area contributed by atoms with Gasteiger partial charge in [0.15, 0.2) is 12.3 Å². The predicted molar refractivity (Wildman–Crippen MR) is 188 cm³/mol. The predicted octanol–water partition coefficient (Wildman–Crippen LogP) is 8.79. The van der Waals surface area contributed by atoms with Crippen molar-refractivity contribution in [1.29, 1.82) is 0 Å². The molecule has 6 rings (SSSR count). The van der Waals surface area contributed by atoms with E-state index in [4.69, 9.17) is 4.74 Å². The molecule has 4 aromatic carbocycles. The van der Waals surface area contributed by atoms with Gasteiger partial charge in [-0.15, -0.1) is 0 Å². The zero-order valence-corrected chi connectivity index (χ0v) is 27.6.